The fourth-order valence-electron chi connectivity index (χ4n) is 10.3. The molecular weight excluding hydrogens is 1040 g/mol. The second-order valence-electron chi connectivity index (χ2n) is 27.5. The summed E-state index contributed by atoms with van der Waals surface area (Å²) in [4.78, 5) is 0. The summed E-state index contributed by atoms with van der Waals surface area (Å²) >= 11 is 0. The summed E-state index contributed by atoms with van der Waals surface area (Å²) in [6, 6.07) is 62.7. The van der Waals surface area contributed by atoms with E-state index in [4.69, 9.17) is 0 Å². The molecule has 1 aliphatic carbocycles. The molecule has 1 aliphatic rings. The van der Waals surface area contributed by atoms with Gasteiger partial charge in [0.2, 0.25) is 0 Å². The fraction of sp³-hybridized carbons (Fsp3) is 0.402. The van der Waals surface area contributed by atoms with Crippen LogP contribution in [0.2, 0.25) is 0 Å². The molecule has 0 heteroatoms. The zero-order valence-corrected chi connectivity index (χ0v) is 57.5. The van der Waals surface area contributed by atoms with E-state index in [1.54, 1.807) is 0 Å². The molecule has 0 bridgehead atoms. The van der Waals surface area contributed by atoms with E-state index in [0.717, 1.165) is 23.0 Å². The highest BCUT2D eigenvalue weighted by Crippen LogP contribution is 2.44. The third kappa shape index (κ3) is 24.5. The monoisotopic (exact) mass is 1150 g/mol. The fourth-order valence-corrected chi connectivity index (χ4v) is 10.3. The lowest BCUT2D eigenvalue weighted by Gasteiger charge is -2.14. The van der Waals surface area contributed by atoms with Gasteiger partial charge in [-0.3, -0.25) is 0 Å². The Morgan fingerprint density at radius 1 is 0.299 bits per heavy atom. The number of rotatable bonds is 12. The van der Waals surface area contributed by atoms with Crippen molar-refractivity contribution in [2.75, 3.05) is 0 Å². The summed E-state index contributed by atoms with van der Waals surface area (Å²) in [5.41, 5.74) is 16.4. The highest BCUT2D eigenvalue weighted by Gasteiger charge is 2.27. The first-order valence-corrected chi connectivity index (χ1v) is 33.2. The van der Waals surface area contributed by atoms with Crippen LogP contribution in [0.25, 0.3) is 33.7 Å². The van der Waals surface area contributed by atoms with Crippen LogP contribution in [0.4, 0.5) is 0 Å². The molecule has 0 saturated heterocycles. The van der Waals surface area contributed by atoms with Crippen molar-refractivity contribution in [3.8, 4) is 23.7 Å². The van der Waals surface area contributed by atoms with Crippen LogP contribution >= 0.6 is 0 Å². The molecule has 0 N–H and O–H groups in total. The van der Waals surface area contributed by atoms with Gasteiger partial charge in [-0.25, -0.2) is 0 Å². The van der Waals surface area contributed by atoms with Gasteiger partial charge >= 0.3 is 0 Å². The summed E-state index contributed by atoms with van der Waals surface area (Å²) in [6.45, 7) is 44.1. The SMILES string of the molecule is CC(C)/C=C/c1ccc(C(C)C)cc1.CC(C)/C=C/c1ccc2cc(C(C)C)ccc2c1.CC(C)C#Cc1ccc(C(C)C)cc1.CC(C)C#Cc1ccc2cc(C(C)C)ccc2c1.CC(C)c1ccc(C2CCC(c3ccc(C(C)C)cc3)C2)cc1. The van der Waals surface area contributed by atoms with E-state index in [0.29, 0.717) is 59.2 Å². The summed E-state index contributed by atoms with van der Waals surface area (Å²) in [7, 11) is 0. The topological polar surface area (TPSA) is 0 Å². The second-order valence-corrected chi connectivity index (χ2v) is 27.5. The van der Waals surface area contributed by atoms with Gasteiger partial charge in [-0.2, -0.15) is 0 Å². The van der Waals surface area contributed by atoms with E-state index in [1.807, 2.05) is 0 Å². The van der Waals surface area contributed by atoms with E-state index in [-0.39, 0.29) is 0 Å². The van der Waals surface area contributed by atoms with Crippen LogP contribution in [0, 0.1) is 47.4 Å². The highest BCUT2D eigenvalue weighted by molar-refractivity contribution is 5.86. The quantitative estimate of drug-likeness (QED) is 0.107. The average Bonchev–Trinajstić information content (AvgIpc) is 2.65. The third-order valence-electron chi connectivity index (χ3n) is 16.2. The Bertz CT molecular complexity index is 3430. The standard InChI is InChI=1S/C23H30.C18H22.C18H20.C14H20.C14H18/c1-16(2)18-5-9-20(10-6-18)22-13-14-23(15-22)21-11-7-19(8-12-21)17(3)4;2*1-13(2)5-6-15-7-8-18-12-16(14(3)4)9-10-17(18)11-15;2*1-11(2)5-6-13-7-9-14(10-8-13)12(3)4/h5-12,16-17,22-23H,13-15H2,1-4H3;5-14H,1-4H3;7-14H,1-4H3;5-12H,1-4H3;7-12H,1-4H3/b;6-5+;;6-5+;. The van der Waals surface area contributed by atoms with Gasteiger partial charge in [-0.05, 0) is 186 Å². The van der Waals surface area contributed by atoms with Crippen molar-refractivity contribution in [1.82, 2.24) is 0 Å². The normalized spacial score (nSPS) is 13.9. The van der Waals surface area contributed by atoms with Gasteiger partial charge in [0, 0.05) is 23.0 Å². The van der Waals surface area contributed by atoms with Crippen molar-refractivity contribution in [2.24, 2.45) is 23.7 Å². The molecule has 0 aromatic heterocycles. The molecule has 8 aromatic rings. The summed E-state index contributed by atoms with van der Waals surface area (Å²) < 4.78 is 0. The lowest BCUT2D eigenvalue weighted by atomic mass is 9.91. The molecule has 1 fully saturated rings. The third-order valence-corrected chi connectivity index (χ3v) is 16.2. The van der Waals surface area contributed by atoms with Crippen molar-refractivity contribution >= 4 is 33.7 Å². The molecule has 0 heterocycles. The van der Waals surface area contributed by atoms with Gasteiger partial charge in [0.1, 0.15) is 0 Å². The van der Waals surface area contributed by atoms with Crippen LogP contribution in [-0.2, 0) is 0 Å². The molecule has 9 rings (SSSR count). The van der Waals surface area contributed by atoms with E-state index < -0.39 is 0 Å². The zero-order chi connectivity index (χ0) is 63.7. The lowest BCUT2D eigenvalue weighted by Crippen LogP contribution is -1.97. The van der Waals surface area contributed by atoms with Crippen molar-refractivity contribution in [3.05, 3.63) is 249 Å². The summed E-state index contributed by atoms with van der Waals surface area (Å²) in [6.07, 6.45) is 12.8. The Morgan fingerprint density at radius 2 is 0.598 bits per heavy atom. The predicted octanol–water partition coefficient (Wildman–Crippen LogP) is 25.9. The van der Waals surface area contributed by atoms with Gasteiger partial charge < -0.3 is 0 Å². The molecule has 8 aromatic carbocycles. The first-order chi connectivity index (χ1) is 41.3. The number of hydrogen-bond acceptors (Lipinski definition) is 0. The second kappa shape index (κ2) is 35.6. The van der Waals surface area contributed by atoms with Crippen LogP contribution in [-0.4, -0.2) is 0 Å². The van der Waals surface area contributed by atoms with Gasteiger partial charge in [0.25, 0.3) is 0 Å². The maximum Gasteiger partial charge on any atom is 0.0251 e. The Hall–Kier alpha value is -7.12. The maximum atomic E-state index is 3.22. The minimum absolute atomic E-state index is 0.420. The minimum Gasteiger partial charge on any atom is -0.0951 e. The van der Waals surface area contributed by atoms with Gasteiger partial charge in [0.15, 0.2) is 0 Å². The molecule has 458 valence electrons. The van der Waals surface area contributed by atoms with Gasteiger partial charge in [0.05, 0.1) is 0 Å². The van der Waals surface area contributed by atoms with Crippen LogP contribution in [0.1, 0.15) is 272 Å². The van der Waals surface area contributed by atoms with Crippen molar-refractivity contribution < 1.29 is 0 Å². The maximum absolute atomic E-state index is 3.22. The first-order valence-electron chi connectivity index (χ1n) is 33.2. The number of allylic oxidation sites excluding steroid dienone is 2. The highest BCUT2D eigenvalue weighted by atomic mass is 14.3. The van der Waals surface area contributed by atoms with E-state index >= 15 is 0 Å². The van der Waals surface area contributed by atoms with Crippen molar-refractivity contribution in [1.29, 1.82) is 0 Å². The number of fused-ring (bicyclic) bond motifs is 2. The molecule has 87 heavy (non-hydrogen) atoms. The van der Waals surface area contributed by atoms with Crippen LogP contribution in [0.15, 0.2) is 182 Å². The molecule has 0 amide bonds. The van der Waals surface area contributed by atoms with Gasteiger partial charge in [-0.1, -0.05) is 326 Å². The van der Waals surface area contributed by atoms with E-state index in [1.165, 1.54) is 96.4 Å². The van der Waals surface area contributed by atoms with E-state index in [2.05, 4.69) is 356 Å². The molecule has 0 radical (unpaired) electrons. The lowest BCUT2D eigenvalue weighted by molar-refractivity contribution is 0.684. The first kappa shape index (κ1) is 70.6. The molecule has 2 unspecified atom stereocenters. The average molecular weight is 1160 g/mol. The Morgan fingerprint density at radius 3 is 0.989 bits per heavy atom. The molecule has 1 saturated carbocycles. The van der Waals surface area contributed by atoms with Crippen LogP contribution in [0.3, 0.4) is 0 Å². The Labute approximate surface area is 531 Å². The largest absolute Gasteiger partial charge is 0.0951 e. The number of hydrogen-bond donors (Lipinski definition) is 0. The molecule has 0 aliphatic heterocycles. The molecular formula is C87H110. The minimum atomic E-state index is 0.420. The molecule has 2 atom stereocenters. The zero-order valence-electron chi connectivity index (χ0n) is 57.5. The Kier molecular flexibility index (Phi) is 28.9. The Balaban J connectivity index is 0.000000201. The predicted molar refractivity (Wildman–Crippen MR) is 389 cm³/mol. The summed E-state index contributed by atoms with van der Waals surface area (Å²) in [5.74, 6) is 20.0. The van der Waals surface area contributed by atoms with Gasteiger partial charge in [-0.15, -0.1) is 0 Å². The van der Waals surface area contributed by atoms with E-state index in [9.17, 15) is 0 Å². The van der Waals surface area contributed by atoms with Crippen molar-refractivity contribution in [3.63, 3.8) is 0 Å². The number of benzene rings is 8. The van der Waals surface area contributed by atoms with Crippen LogP contribution < -0.4 is 0 Å². The molecule has 0 nitrogen and oxygen atoms in total. The summed E-state index contributed by atoms with van der Waals surface area (Å²) in [5, 5.41) is 5.24. The van der Waals surface area contributed by atoms with Crippen LogP contribution in [0.5, 0.6) is 0 Å². The molecule has 0 spiro atoms. The smallest absolute Gasteiger partial charge is 0.0251 e. The van der Waals surface area contributed by atoms with Crippen molar-refractivity contribution in [2.45, 2.75) is 205 Å².